The molecule has 2 heterocycles. The van der Waals surface area contributed by atoms with Gasteiger partial charge in [-0.2, -0.15) is 5.10 Å². The van der Waals surface area contributed by atoms with E-state index in [1.165, 1.54) is 12.1 Å². The predicted octanol–water partition coefficient (Wildman–Crippen LogP) is 4.85. The lowest BCUT2D eigenvalue weighted by atomic mass is 9.75. The van der Waals surface area contributed by atoms with Crippen LogP contribution in [0.3, 0.4) is 0 Å². The summed E-state index contributed by atoms with van der Waals surface area (Å²) >= 11 is 0. The Balaban J connectivity index is 1.75. The van der Waals surface area contributed by atoms with Crippen LogP contribution in [0.5, 0.6) is 0 Å². The Morgan fingerprint density at radius 2 is 1.64 bits per heavy atom. The summed E-state index contributed by atoms with van der Waals surface area (Å²) in [6.45, 7) is 2.14. The van der Waals surface area contributed by atoms with Crippen LogP contribution >= 0.6 is 0 Å². The smallest absolute Gasteiger partial charge is 0.301 e. The summed E-state index contributed by atoms with van der Waals surface area (Å²) in [4.78, 5) is 24.1. The molecule has 0 aliphatic carbocycles. The minimum atomic E-state index is -0.632. The molecule has 0 saturated carbocycles. The summed E-state index contributed by atoms with van der Waals surface area (Å²) in [6, 6.07) is 21.5. The summed E-state index contributed by atoms with van der Waals surface area (Å²) < 4.78 is 0. The van der Waals surface area contributed by atoms with Crippen molar-refractivity contribution in [3.63, 3.8) is 0 Å². The molecule has 0 amide bonds. The average molecular weight is 443 g/mol. The van der Waals surface area contributed by atoms with Crippen LogP contribution < -0.4 is 9.91 Å². The fraction of sp³-hybridized carbons (Fsp3) is 0.208. The molecule has 0 N–H and O–H groups in total. The summed E-state index contributed by atoms with van der Waals surface area (Å²) in [5.41, 5.74) is 3.00. The van der Waals surface area contributed by atoms with Gasteiger partial charge < -0.3 is 4.90 Å². The van der Waals surface area contributed by atoms with Gasteiger partial charge in [0.2, 0.25) is 0 Å². The first kappa shape index (κ1) is 20.6. The minimum Gasteiger partial charge on any atom is -0.352 e. The van der Waals surface area contributed by atoms with Gasteiger partial charge in [0.15, 0.2) is 0 Å². The van der Waals surface area contributed by atoms with Gasteiger partial charge in [0, 0.05) is 30.6 Å². The van der Waals surface area contributed by atoms with E-state index in [1.54, 1.807) is 5.01 Å². The first-order chi connectivity index (χ1) is 15.8. The van der Waals surface area contributed by atoms with Crippen molar-refractivity contribution in [3.8, 4) is 0 Å². The highest BCUT2D eigenvalue weighted by molar-refractivity contribution is 6.03. The van der Waals surface area contributed by atoms with E-state index in [-0.39, 0.29) is 23.2 Å². The molecule has 33 heavy (non-hydrogen) atoms. The fourth-order valence-electron chi connectivity index (χ4n) is 5.09. The van der Waals surface area contributed by atoms with Crippen molar-refractivity contribution in [2.45, 2.75) is 24.9 Å². The van der Waals surface area contributed by atoms with Gasteiger partial charge >= 0.3 is 5.69 Å². The van der Waals surface area contributed by atoms with Crippen molar-refractivity contribution in [2.75, 3.05) is 17.0 Å². The van der Waals surface area contributed by atoms with E-state index < -0.39 is 15.3 Å². The Bertz CT molecular complexity index is 1310. The van der Waals surface area contributed by atoms with Crippen molar-refractivity contribution in [2.24, 2.45) is 5.10 Å². The largest absolute Gasteiger partial charge is 0.352 e. The average Bonchev–Trinajstić information content (AvgIpc) is 3.05. The molecule has 3 aromatic rings. The van der Waals surface area contributed by atoms with Crippen LogP contribution in [-0.2, 0) is 5.41 Å². The van der Waals surface area contributed by atoms with Gasteiger partial charge in [-0.15, -0.1) is 0 Å². The third-order valence-corrected chi connectivity index (χ3v) is 6.55. The molecule has 166 valence electrons. The highest BCUT2D eigenvalue weighted by Crippen LogP contribution is 2.52. The molecule has 0 aromatic heterocycles. The summed E-state index contributed by atoms with van der Waals surface area (Å²) in [5.74, 6) is 0. The first-order valence-corrected chi connectivity index (χ1v) is 10.5. The Morgan fingerprint density at radius 3 is 2.33 bits per heavy atom. The molecule has 0 radical (unpaired) electrons. The summed E-state index contributed by atoms with van der Waals surface area (Å²) in [6.07, 6.45) is 0.294. The number of non-ortho nitro benzene ring substituents is 1. The number of likely N-dealkylation sites (N-methyl/N-ethyl adjacent to an activating group) is 1. The molecule has 0 saturated heterocycles. The third-order valence-electron chi connectivity index (χ3n) is 6.55. The van der Waals surface area contributed by atoms with Crippen LogP contribution in [0.1, 0.15) is 24.5 Å². The molecule has 9 heteroatoms. The van der Waals surface area contributed by atoms with E-state index in [9.17, 15) is 20.2 Å². The molecule has 5 rings (SSSR count). The van der Waals surface area contributed by atoms with Gasteiger partial charge in [-0.1, -0.05) is 55.5 Å². The van der Waals surface area contributed by atoms with Gasteiger partial charge in [-0.25, -0.2) is 5.01 Å². The number of nitrogens with zero attached hydrogens (tertiary/aromatic N) is 5. The van der Waals surface area contributed by atoms with Crippen molar-refractivity contribution >= 4 is 28.5 Å². The fourth-order valence-corrected chi connectivity index (χ4v) is 5.09. The maximum atomic E-state index is 12.0. The lowest BCUT2D eigenvalue weighted by molar-refractivity contribution is -0.393. The lowest BCUT2D eigenvalue weighted by Gasteiger charge is -2.45. The van der Waals surface area contributed by atoms with Gasteiger partial charge in [0.05, 0.1) is 21.6 Å². The number of hydrazone groups is 1. The van der Waals surface area contributed by atoms with Crippen LogP contribution in [0.25, 0.3) is 0 Å². The zero-order valence-corrected chi connectivity index (χ0v) is 18.1. The molecule has 0 bridgehead atoms. The molecule has 2 aliphatic heterocycles. The SMILES string of the molecule is CN1c2ccccc2[C@@]2(C)CC(c3ccccc3)=NN(c3ccc([N+](=O)[O-])cc3[N+](=O)[O-])[C@@H]12. The maximum absolute atomic E-state index is 12.0. The molecule has 2 atom stereocenters. The van der Waals surface area contributed by atoms with Crippen LogP contribution in [-0.4, -0.2) is 28.8 Å². The second-order valence-corrected chi connectivity index (χ2v) is 8.54. The van der Waals surface area contributed by atoms with E-state index in [2.05, 4.69) is 17.9 Å². The van der Waals surface area contributed by atoms with Crippen LogP contribution in [0, 0.1) is 20.2 Å². The van der Waals surface area contributed by atoms with E-state index in [0.29, 0.717) is 6.42 Å². The van der Waals surface area contributed by atoms with Crippen LogP contribution in [0.4, 0.5) is 22.7 Å². The Hall–Kier alpha value is -4.27. The Morgan fingerprint density at radius 1 is 0.939 bits per heavy atom. The standard InChI is InChI=1S/C24H21N5O4/c1-24-15-19(16-8-4-3-5-9-16)25-27(23(24)26(2)20-11-7-6-10-18(20)24)21-13-12-17(28(30)31)14-22(21)29(32)33/h3-14,23H,15H2,1-2H3/t23-,24-/m1/s1. The Kier molecular flexibility index (Phi) is 4.63. The predicted molar refractivity (Wildman–Crippen MR) is 126 cm³/mol. The second kappa shape index (κ2) is 7.40. The molecule has 0 fully saturated rings. The molecule has 0 spiro atoms. The molecule has 3 aromatic carbocycles. The van der Waals surface area contributed by atoms with Crippen LogP contribution in [0.15, 0.2) is 77.9 Å². The number of fused-ring (bicyclic) bond motifs is 3. The normalized spacial score (nSPS) is 21.3. The van der Waals surface area contributed by atoms with E-state index in [4.69, 9.17) is 5.10 Å². The minimum absolute atomic E-state index is 0.217. The summed E-state index contributed by atoms with van der Waals surface area (Å²) in [5, 5.41) is 29.8. The van der Waals surface area contributed by atoms with Crippen molar-refractivity contribution < 1.29 is 9.85 Å². The van der Waals surface area contributed by atoms with E-state index in [1.807, 2.05) is 55.6 Å². The maximum Gasteiger partial charge on any atom is 0.301 e. The topological polar surface area (TPSA) is 105 Å². The van der Waals surface area contributed by atoms with Gasteiger partial charge in [-0.05, 0) is 23.3 Å². The molecule has 2 aliphatic rings. The highest BCUT2D eigenvalue weighted by atomic mass is 16.6. The highest BCUT2D eigenvalue weighted by Gasteiger charge is 2.53. The zero-order chi connectivity index (χ0) is 23.3. The third kappa shape index (κ3) is 3.12. The van der Waals surface area contributed by atoms with E-state index in [0.717, 1.165) is 28.6 Å². The molecule has 9 nitrogen and oxygen atoms in total. The zero-order valence-electron chi connectivity index (χ0n) is 18.1. The number of para-hydroxylation sites is 1. The van der Waals surface area contributed by atoms with Crippen molar-refractivity contribution in [1.82, 2.24) is 0 Å². The van der Waals surface area contributed by atoms with Gasteiger partial charge in [-0.3, -0.25) is 20.2 Å². The molecular formula is C24H21N5O4. The van der Waals surface area contributed by atoms with Crippen molar-refractivity contribution in [1.29, 1.82) is 0 Å². The van der Waals surface area contributed by atoms with Gasteiger partial charge in [0.25, 0.3) is 5.69 Å². The first-order valence-electron chi connectivity index (χ1n) is 10.5. The second-order valence-electron chi connectivity index (χ2n) is 8.54. The number of benzene rings is 3. The van der Waals surface area contributed by atoms with Crippen LogP contribution in [0.2, 0.25) is 0 Å². The van der Waals surface area contributed by atoms with Gasteiger partial charge in [0.1, 0.15) is 11.9 Å². The number of rotatable bonds is 4. The van der Waals surface area contributed by atoms with Crippen molar-refractivity contribution in [3.05, 3.63) is 104 Å². The number of hydrogen-bond donors (Lipinski definition) is 0. The Labute approximate surface area is 189 Å². The molecular weight excluding hydrogens is 422 g/mol. The number of nitro groups is 2. The number of anilines is 2. The number of nitro benzene ring substituents is 2. The quantitative estimate of drug-likeness (QED) is 0.422. The molecule has 0 unspecified atom stereocenters. The van der Waals surface area contributed by atoms with E-state index >= 15 is 0 Å². The lowest BCUT2D eigenvalue weighted by Crippen LogP contribution is -2.56. The number of hydrogen-bond acceptors (Lipinski definition) is 7. The monoisotopic (exact) mass is 443 g/mol. The summed E-state index contributed by atoms with van der Waals surface area (Å²) in [7, 11) is 1.95.